The lowest BCUT2D eigenvalue weighted by Crippen LogP contribution is -2.54. The number of imide groups is 2. The maximum atomic E-state index is 12.9. The number of methoxy groups -OCH3 is 1. The van der Waals surface area contributed by atoms with Gasteiger partial charge >= 0.3 is 12.0 Å². The Morgan fingerprint density at radius 2 is 1.90 bits per heavy atom. The molecular formula is C20H15ClN2O6. The molecule has 2 aromatic carbocycles. The summed E-state index contributed by atoms with van der Waals surface area (Å²) in [5, 5.41) is 11.7. The fourth-order valence-corrected chi connectivity index (χ4v) is 3.02. The topological polar surface area (TPSA) is 113 Å². The molecule has 0 radical (unpaired) electrons. The van der Waals surface area contributed by atoms with Gasteiger partial charge in [-0.25, -0.2) is 14.5 Å². The average molecular weight is 415 g/mol. The zero-order chi connectivity index (χ0) is 21.3. The summed E-state index contributed by atoms with van der Waals surface area (Å²) in [5.41, 5.74) is 0.650. The van der Waals surface area contributed by atoms with Crippen LogP contribution in [0.2, 0.25) is 5.02 Å². The second-order valence-electron chi connectivity index (χ2n) is 6.15. The predicted molar refractivity (Wildman–Crippen MR) is 105 cm³/mol. The van der Waals surface area contributed by atoms with Gasteiger partial charge in [-0.05, 0) is 48.4 Å². The van der Waals surface area contributed by atoms with E-state index in [2.05, 4.69) is 5.32 Å². The van der Waals surface area contributed by atoms with Crippen LogP contribution in [0.4, 0.5) is 10.5 Å². The maximum Gasteiger partial charge on any atom is 0.339 e. The molecule has 3 rings (SSSR count). The van der Waals surface area contributed by atoms with Gasteiger partial charge in [0.2, 0.25) is 0 Å². The summed E-state index contributed by atoms with van der Waals surface area (Å²) in [4.78, 5) is 49.7. The van der Waals surface area contributed by atoms with E-state index in [0.29, 0.717) is 10.6 Å². The summed E-state index contributed by atoms with van der Waals surface area (Å²) in [6.45, 7) is 1.69. The molecule has 0 aromatic heterocycles. The Morgan fingerprint density at radius 3 is 2.55 bits per heavy atom. The Labute approximate surface area is 170 Å². The monoisotopic (exact) mass is 414 g/mol. The van der Waals surface area contributed by atoms with E-state index in [4.69, 9.17) is 16.3 Å². The summed E-state index contributed by atoms with van der Waals surface area (Å²) in [7, 11) is 1.33. The van der Waals surface area contributed by atoms with E-state index in [1.807, 2.05) is 0 Å². The quantitative estimate of drug-likeness (QED) is 0.587. The number of aromatic carboxylic acids is 1. The fraction of sp³-hybridized carbons (Fsp3) is 0.100. The second-order valence-corrected chi connectivity index (χ2v) is 6.59. The van der Waals surface area contributed by atoms with Crippen molar-refractivity contribution >= 4 is 47.2 Å². The number of anilines is 1. The Hall–Kier alpha value is -3.65. The highest BCUT2D eigenvalue weighted by Crippen LogP contribution is 2.28. The first-order chi connectivity index (χ1) is 13.7. The number of carbonyl (C=O) groups is 4. The van der Waals surface area contributed by atoms with Gasteiger partial charge in [0.1, 0.15) is 16.9 Å². The number of carboxylic acids is 1. The standard InChI is InChI=1S/C20H15ClN2O6/c1-10-3-5-12(21)9-15(10)23-18(25)14(17(24)22-20(23)28)8-11-4-6-16(29-2)13(7-11)19(26)27/h3-9H,1-2H3,(H,26,27)(H,22,24,28)/b14-8-. The zero-order valence-electron chi connectivity index (χ0n) is 15.4. The van der Waals surface area contributed by atoms with Gasteiger partial charge in [0.25, 0.3) is 11.8 Å². The Kier molecular flexibility index (Phi) is 5.38. The van der Waals surface area contributed by atoms with E-state index < -0.39 is 23.8 Å². The van der Waals surface area contributed by atoms with E-state index in [0.717, 1.165) is 4.90 Å². The lowest BCUT2D eigenvalue weighted by molar-refractivity contribution is -0.122. The van der Waals surface area contributed by atoms with Gasteiger partial charge in [-0.2, -0.15) is 0 Å². The summed E-state index contributed by atoms with van der Waals surface area (Å²) in [6.07, 6.45) is 1.21. The minimum Gasteiger partial charge on any atom is -0.496 e. The molecule has 1 saturated heterocycles. The highest BCUT2D eigenvalue weighted by molar-refractivity contribution is 6.39. The number of benzene rings is 2. The molecule has 0 bridgehead atoms. The van der Waals surface area contributed by atoms with E-state index >= 15 is 0 Å². The molecule has 2 N–H and O–H groups in total. The van der Waals surface area contributed by atoms with Crippen LogP contribution < -0.4 is 15.0 Å². The number of urea groups is 1. The van der Waals surface area contributed by atoms with Crippen molar-refractivity contribution in [1.29, 1.82) is 0 Å². The predicted octanol–water partition coefficient (Wildman–Crippen LogP) is 3.02. The summed E-state index contributed by atoms with van der Waals surface area (Å²) in [5.74, 6) is -2.83. The zero-order valence-corrected chi connectivity index (χ0v) is 16.1. The average Bonchev–Trinajstić information content (AvgIpc) is 2.67. The number of nitrogens with zero attached hydrogens (tertiary/aromatic N) is 1. The first kappa shape index (κ1) is 20.1. The number of amides is 4. The number of carbonyl (C=O) groups excluding carboxylic acids is 3. The molecule has 1 fully saturated rings. The van der Waals surface area contributed by atoms with Gasteiger partial charge in [0.15, 0.2) is 0 Å². The number of nitrogens with one attached hydrogen (secondary N) is 1. The first-order valence-corrected chi connectivity index (χ1v) is 8.69. The number of hydrogen-bond donors (Lipinski definition) is 2. The van der Waals surface area contributed by atoms with E-state index in [1.165, 1.54) is 37.5 Å². The summed E-state index contributed by atoms with van der Waals surface area (Å²) >= 11 is 5.98. The van der Waals surface area contributed by atoms with Crippen LogP contribution in [0.5, 0.6) is 5.75 Å². The molecule has 29 heavy (non-hydrogen) atoms. The van der Waals surface area contributed by atoms with Gasteiger partial charge in [0, 0.05) is 5.02 Å². The van der Waals surface area contributed by atoms with Gasteiger partial charge in [-0.1, -0.05) is 23.7 Å². The largest absolute Gasteiger partial charge is 0.496 e. The van der Waals surface area contributed by atoms with Crippen LogP contribution in [-0.2, 0) is 9.59 Å². The number of carboxylic acid groups (broad SMARTS) is 1. The highest BCUT2D eigenvalue weighted by Gasteiger charge is 2.37. The molecule has 148 valence electrons. The van der Waals surface area contributed by atoms with Gasteiger partial charge in [-0.3, -0.25) is 14.9 Å². The van der Waals surface area contributed by atoms with Crippen molar-refractivity contribution in [3.05, 3.63) is 63.7 Å². The minimum absolute atomic E-state index is 0.130. The third-order valence-corrected chi connectivity index (χ3v) is 4.51. The highest BCUT2D eigenvalue weighted by atomic mass is 35.5. The molecule has 0 atom stereocenters. The van der Waals surface area contributed by atoms with Crippen molar-refractivity contribution in [3.8, 4) is 5.75 Å². The van der Waals surface area contributed by atoms with Crippen LogP contribution in [0.1, 0.15) is 21.5 Å². The maximum absolute atomic E-state index is 12.9. The normalized spacial score (nSPS) is 15.5. The lowest BCUT2D eigenvalue weighted by Gasteiger charge is -2.27. The molecule has 8 nitrogen and oxygen atoms in total. The lowest BCUT2D eigenvalue weighted by atomic mass is 10.0. The molecule has 9 heteroatoms. The van der Waals surface area contributed by atoms with Crippen molar-refractivity contribution < 1.29 is 29.0 Å². The van der Waals surface area contributed by atoms with E-state index in [1.54, 1.807) is 19.1 Å². The Bertz CT molecular complexity index is 1090. The Balaban J connectivity index is 2.07. The number of barbiturate groups is 1. The molecule has 0 unspecified atom stereocenters. The van der Waals surface area contributed by atoms with Crippen molar-refractivity contribution in [3.63, 3.8) is 0 Å². The first-order valence-electron chi connectivity index (χ1n) is 8.32. The van der Waals surface area contributed by atoms with Crippen molar-refractivity contribution in [2.24, 2.45) is 0 Å². The molecule has 2 aromatic rings. The molecule has 4 amide bonds. The fourth-order valence-electron chi connectivity index (χ4n) is 2.85. The van der Waals surface area contributed by atoms with Crippen molar-refractivity contribution in [1.82, 2.24) is 5.32 Å². The van der Waals surface area contributed by atoms with Crippen LogP contribution in [0.25, 0.3) is 6.08 Å². The molecule has 1 heterocycles. The van der Waals surface area contributed by atoms with Crippen molar-refractivity contribution in [2.75, 3.05) is 12.0 Å². The number of hydrogen-bond acceptors (Lipinski definition) is 5. The minimum atomic E-state index is -1.23. The van der Waals surface area contributed by atoms with Gasteiger partial charge in [0.05, 0.1) is 12.8 Å². The summed E-state index contributed by atoms with van der Waals surface area (Å²) < 4.78 is 4.99. The number of ether oxygens (including phenoxy) is 1. The van der Waals surface area contributed by atoms with Crippen molar-refractivity contribution in [2.45, 2.75) is 6.92 Å². The molecular weight excluding hydrogens is 400 g/mol. The SMILES string of the molecule is COc1ccc(/C=C2/C(=O)NC(=O)N(c3cc(Cl)ccc3C)C2=O)cc1C(=O)O. The van der Waals surface area contributed by atoms with E-state index in [-0.39, 0.29) is 28.1 Å². The number of aryl methyl sites for hydroxylation is 1. The summed E-state index contributed by atoms with van der Waals surface area (Å²) in [6, 6.07) is 7.95. The van der Waals surface area contributed by atoms with Gasteiger partial charge < -0.3 is 9.84 Å². The van der Waals surface area contributed by atoms with Crippen LogP contribution in [0.3, 0.4) is 0 Å². The molecule has 1 aliphatic heterocycles. The van der Waals surface area contributed by atoms with Gasteiger partial charge in [-0.15, -0.1) is 0 Å². The third kappa shape index (κ3) is 3.83. The smallest absolute Gasteiger partial charge is 0.339 e. The molecule has 0 aliphatic carbocycles. The van der Waals surface area contributed by atoms with Crippen LogP contribution in [0, 0.1) is 6.92 Å². The number of rotatable bonds is 4. The van der Waals surface area contributed by atoms with Crippen LogP contribution >= 0.6 is 11.6 Å². The molecule has 0 spiro atoms. The number of halogens is 1. The van der Waals surface area contributed by atoms with E-state index in [9.17, 15) is 24.3 Å². The third-order valence-electron chi connectivity index (χ3n) is 4.28. The second kappa shape index (κ2) is 7.76. The molecule has 1 aliphatic rings. The van der Waals surface area contributed by atoms with Crippen LogP contribution in [0.15, 0.2) is 42.0 Å². The Morgan fingerprint density at radius 1 is 1.17 bits per heavy atom. The van der Waals surface area contributed by atoms with Crippen LogP contribution in [-0.4, -0.2) is 36.0 Å². The molecule has 0 saturated carbocycles.